The fourth-order valence-corrected chi connectivity index (χ4v) is 1.65. The lowest BCUT2D eigenvalue weighted by atomic mass is 9.91. The summed E-state index contributed by atoms with van der Waals surface area (Å²) >= 11 is 0. The van der Waals surface area contributed by atoms with Gasteiger partial charge < -0.3 is 5.32 Å². The molecule has 0 aliphatic carbocycles. The van der Waals surface area contributed by atoms with Gasteiger partial charge in [-0.3, -0.25) is 0 Å². The summed E-state index contributed by atoms with van der Waals surface area (Å²) in [7, 11) is 0. The number of rotatable bonds is 2. The summed E-state index contributed by atoms with van der Waals surface area (Å²) in [6, 6.07) is 0. The number of hydrogen-bond donors (Lipinski definition) is 1. The molecule has 0 unspecified atom stereocenters. The van der Waals surface area contributed by atoms with E-state index in [1.54, 1.807) is 0 Å². The minimum Gasteiger partial charge on any atom is -0.309 e. The molecule has 0 bridgehead atoms. The molecule has 1 aliphatic rings. The van der Waals surface area contributed by atoms with Crippen LogP contribution in [-0.2, 0) is 0 Å². The first kappa shape index (κ1) is 15.2. The van der Waals surface area contributed by atoms with Crippen LogP contribution in [0.15, 0.2) is 36.0 Å². The van der Waals surface area contributed by atoms with E-state index in [0.29, 0.717) is 0 Å². The Morgan fingerprint density at radius 3 is 2.25 bits per heavy atom. The Bertz CT molecular complexity index is 264. The SMILES string of the molecule is C=CCC=C1CNC/C1=C/C(C)(C)C.CC. The predicted octanol–water partition coefficient (Wildman–Crippen LogP) is 4.09. The molecule has 1 heteroatoms. The van der Waals surface area contributed by atoms with Crippen molar-refractivity contribution in [2.24, 2.45) is 5.41 Å². The topological polar surface area (TPSA) is 12.0 Å². The average Bonchev–Trinajstić information content (AvgIpc) is 2.63. The van der Waals surface area contributed by atoms with E-state index in [1.807, 2.05) is 19.9 Å². The van der Waals surface area contributed by atoms with Gasteiger partial charge in [-0.25, -0.2) is 0 Å². The molecule has 0 aromatic rings. The molecule has 1 fully saturated rings. The molecule has 0 aromatic carbocycles. The molecular weight excluding hydrogens is 194 g/mol. The van der Waals surface area contributed by atoms with Gasteiger partial charge in [-0.05, 0) is 23.0 Å². The van der Waals surface area contributed by atoms with Gasteiger partial charge in [-0.15, -0.1) is 6.58 Å². The Kier molecular flexibility index (Phi) is 7.07. The normalized spacial score (nSPS) is 20.8. The van der Waals surface area contributed by atoms with Gasteiger partial charge in [-0.2, -0.15) is 0 Å². The van der Waals surface area contributed by atoms with Crippen molar-refractivity contribution in [2.75, 3.05) is 13.1 Å². The lowest BCUT2D eigenvalue weighted by molar-refractivity contribution is 0.540. The third kappa shape index (κ3) is 5.92. The highest BCUT2D eigenvalue weighted by atomic mass is 14.9. The zero-order valence-electron chi connectivity index (χ0n) is 11.6. The van der Waals surface area contributed by atoms with E-state index in [-0.39, 0.29) is 5.41 Å². The van der Waals surface area contributed by atoms with Crippen LogP contribution in [0.1, 0.15) is 41.0 Å². The minimum atomic E-state index is 0.272. The second-order valence-electron chi connectivity index (χ2n) is 4.89. The Morgan fingerprint density at radius 1 is 1.19 bits per heavy atom. The third-order valence-electron chi connectivity index (χ3n) is 2.18. The van der Waals surface area contributed by atoms with Crippen LogP contribution < -0.4 is 5.32 Å². The van der Waals surface area contributed by atoms with E-state index in [4.69, 9.17) is 0 Å². The number of hydrogen-bond acceptors (Lipinski definition) is 1. The molecular formula is C15H27N. The van der Waals surface area contributed by atoms with E-state index in [2.05, 4.69) is 44.8 Å². The largest absolute Gasteiger partial charge is 0.309 e. The summed E-state index contributed by atoms with van der Waals surface area (Å²) < 4.78 is 0. The van der Waals surface area contributed by atoms with Gasteiger partial charge in [0.1, 0.15) is 0 Å². The van der Waals surface area contributed by atoms with E-state index in [1.165, 1.54) is 11.1 Å². The highest BCUT2D eigenvalue weighted by Crippen LogP contribution is 2.23. The fourth-order valence-electron chi connectivity index (χ4n) is 1.65. The Hall–Kier alpha value is -0.820. The minimum absolute atomic E-state index is 0.272. The van der Waals surface area contributed by atoms with Crippen LogP contribution in [0.3, 0.4) is 0 Å². The molecule has 16 heavy (non-hydrogen) atoms. The van der Waals surface area contributed by atoms with Gasteiger partial charge in [0.15, 0.2) is 0 Å². The third-order valence-corrected chi connectivity index (χ3v) is 2.18. The zero-order chi connectivity index (χ0) is 12.6. The molecule has 1 N–H and O–H groups in total. The maximum absolute atomic E-state index is 3.74. The molecule has 1 nitrogen and oxygen atoms in total. The van der Waals surface area contributed by atoms with Crippen molar-refractivity contribution < 1.29 is 0 Å². The van der Waals surface area contributed by atoms with Crippen LogP contribution in [0.4, 0.5) is 0 Å². The summed E-state index contributed by atoms with van der Waals surface area (Å²) in [6.45, 7) is 16.5. The standard InChI is InChI=1S/C13H21N.C2H6/c1-5-6-7-11-9-14-10-12(11)8-13(2,3)4;1-2/h5,7-8,14H,1,6,9-10H2,2-4H3;1-2H3/b11-7?,12-8-;. The predicted molar refractivity (Wildman–Crippen MR) is 74.7 cm³/mol. The second kappa shape index (κ2) is 7.45. The Labute approximate surface area is 101 Å². The average molecular weight is 221 g/mol. The van der Waals surface area contributed by atoms with Crippen LogP contribution in [0.2, 0.25) is 0 Å². The van der Waals surface area contributed by atoms with E-state index >= 15 is 0 Å². The summed E-state index contributed by atoms with van der Waals surface area (Å²) in [6.07, 6.45) is 7.55. The van der Waals surface area contributed by atoms with Gasteiger partial charge in [0.05, 0.1) is 0 Å². The first-order valence-corrected chi connectivity index (χ1v) is 6.25. The number of allylic oxidation sites excluding steroid dienone is 3. The quantitative estimate of drug-likeness (QED) is 0.693. The highest BCUT2D eigenvalue weighted by Gasteiger charge is 2.15. The van der Waals surface area contributed by atoms with Crippen LogP contribution in [0.25, 0.3) is 0 Å². The van der Waals surface area contributed by atoms with Gasteiger partial charge in [-0.1, -0.05) is 52.8 Å². The van der Waals surface area contributed by atoms with Crippen LogP contribution in [-0.4, -0.2) is 13.1 Å². The molecule has 1 saturated heterocycles. The fraction of sp³-hybridized carbons (Fsp3) is 0.600. The van der Waals surface area contributed by atoms with Gasteiger partial charge >= 0.3 is 0 Å². The van der Waals surface area contributed by atoms with Crippen molar-refractivity contribution in [3.63, 3.8) is 0 Å². The highest BCUT2D eigenvalue weighted by molar-refractivity contribution is 5.38. The van der Waals surface area contributed by atoms with E-state index in [9.17, 15) is 0 Å². The van der Waals surface area contributed by atoms with Crippen molar-refractivity contribution >= 4 is 0 Å². The van der Waals surface area contributed by atoms with Crippen molar-refractivity contribution in [3.8, 4) is 0 Å². The summed E-state index contributed by atoms with van der Waals surface area (Å²) in [4.78, 5) is 0. The van der Waals surface area contributed by atoms with E-state index < -0.39 is 0 Å². The van der Waals surface area contributed by atoms with Crippen molar-refractivity contribution in [2.45, 2.75) is 41.0 Å². The second-order valence-corrected chi connectivity index (χ2v) is 4.89. The molecule has 0 saturated carbocycles. The van der Waals surface area contributed by atoms with Crippen molar-refractivity contribution in [1.82, 2.24) is 5.32 Å². The first-order chi connectivity index (χ1) is 7.53. The lowest BCUT2D eigenvalue weighted by Crippen LogP contribution is -2.06. The molecule has 0 amide bonds. The smallest absolute Gasteiger partial charge is 0.0208 e. The molecule has 1 heterocycles. The molecule has 0 spiro atoms. The number of nitrogens with one attached hydrogen (secondary N) is 1. The molecule has 0 atom stereocenters. The molecule has 1 aliphatic heterocycles. The van der Waals surface area contributed by atoms with Crippen LogP contribution >= 0.6 is 0 Å². The summed E-state index contributed by atoms with van der Waals surface area (Å²) in [5.74, 6) is 0. The van der Waals surface area contributed by atoms with Crippen molar-refractivity contribution in [1.29, 1.82) is 0 Å². The van der Waals surface area contributed by atoms with Crippen molar-refractivity contribution in [3.05, 3.63) is 36.0 Å². The van der Waals surface area contributed by atoms with Crippen LogP contribution in [0.5, 0.6) is 0 Å². The van der Waals surface area contributed by atoms with Crippen LogP contribution in [0, 0.1) is 5.41 Å². The maximum atomic E-state index is 3.74. The Balaban J connectivity index is 0.00000106. The van der Waals surface area contributed by atoms with E-state index in [0.717, 1.165) is 19.5 Å². The molecule has 0 aromatic heterocycles. The van der Waals surface area contributed by atoms with Gasteiger partial charge in [0.2, 0.25) is 0 Å². The molecule has 1 rings (SSSR count). The lowest BCUT2D eigenvalue weighted by Gasteiger charge is -2.14. The van der Waals surface area contributed by atoms with Gasteiger partial charge in [0.25, 0.3) is 0 Å². The first-order valence-electron chi connectivity index (χ1n) is 6.25. The maximum Gasteiger partial charge on any atom is 0.0208 e. The zero-order valence-corrected chi connectivity index (χ0v) is 11.6. The molecule has 0 radical (unpaired) electrons. The monoisotopic (exact) mass is 221 g/mol. The Morgan fingerprint density at radius 2 is 1.75 bits per heavy atom. The summed E-state index contributed by atoms with van der Waals surface area (Å²) in [5.41, 5.74) is 3.17. The summed E-state index contributed by atoms with van der Waals surface area (Å²) in [5, 5.41) is 3.38. The molecule has 92 valence electrons. The van der Waals surface area contributed by atoms with Gasteiger partial charge in [0, 0.05) is 13.1 Å².